The van der Waals surface area contributed by atoms with Gasteiger partial charge in [-0.1, -0.05) is 0 Å². The Morgan fingerprint density at radius 2 is 2.25 bits per heavy atom. The molecule has 2 aliphatic heterocycles. The van der Waals surface area contributed by atoms with Crippen LogP contribution in [0.15, 0.2) is 5.16 Å². The van der Waals surface area contributed by atoms with Crippen LogP contribution >= 0.6 is 0 Å². The van der Waals surface area contributed by atoms with E-state index in [2.05, 4.69) is 15.3 Å². The Labute approximate surface area is 139 Å². The van der Waals surface area contributed by atoms with Gasteiger partial charge in [-0.05, 0) is 25.7 Å². The van der Waals surface area contributed by atoms with Gasteiger partial charge in [0.2, 0.25) is 5.16 Å². The summed E-state index contributed by atoms with van der Waals surface area (Å²) >= 11 is 0. The Balaban J connectivity index is 1.50. The molecule has 2 aliphatic rings. The monoisotopic (exact) mass is 359 g/mol. The van der Waals surface area contributed by atoms with Crippen LogP contribution in [0.1, 0.15) is 31.4 Å². The van der Waals surface area contributed by atoms with Crippen LogP contribution in [0.2, 0.25) is 0 Å². The lowest BCUT2D eigenvalue weighted by Crippen LogP contribution is -2.39. The second kappa shape index (κ2) is 7.05. The Kier molecular flexibility index (Phi) is 5.04. The van der Waals surface area contributed by atoms with Crippen LogP contribution < -0.4 is 10.5 Å². The summed E-state index contributed by atoms with van der Waals surface area (Å²) in [6.45, 7) is 1.94. The van der Waals surface area contributed by atoms with E-state index in [4.69, 9.17) is 14.6 Å². The van der Waals surface area contributed by atoms with Gasteiger partial charge in [0.15, 0.2) is 12.1 Å². The molecule has 134 valence electrons. The third-order valence-electron chi connectivity index (χ3n) is 3.90. The van der Waals surface area contributed by atoms with Crippen LogP contribution in [-0.2, 0) is 26.0 Å². The normalized spacial score (nSPS) is 21.5. The highest BCUT2D eigenvalue weighted by molar-refractivity contribution is 7.89. The number of nitrogens with one attached hydrogen (secondary N) is 2. The first-order valence-electron chi connectivity index (χ1n) is 7.84. The number of aromatic amines is 1. The van der Waals surface area contributed by atoms with Gasteiger partial charge in [0.1, 0.15) is 0 Å². The number of nitrogens with two attached hydrogens (primary N) is 1. The molecule has 0 aliphatic carbocycles. The number of imidazole rings is 1. The number of carbonyl (C=O) groups is 1. The fraction of sp³-hybridized carbons (Fsp3) is 0.692. The van der Waals surface area contributed by atoms with Crippen LogP contribution in [0.3, 0.4) is 0 Å². The molecule has 0 radical (unpaired) electrons. The molecular weight excluding hydrogens is 338 g/mol. The first kappa shape index (κ1) is 17.1. The molecule has 1 unspecified atom stereocenters. The molecule has 0 saturated carbocycles. The lowest BCUT2D eigenvalue weighted by Gasteiger charge is -2.27. The average Bonchev–Trinajstić information content (AvgIpc) is 2.95. The standard InChI is InChI=1S/C13H21N5O5S/c14-24(20,21)12-15-9-8-18(13(19)17-11(9)16-12)5-3-7-23-10-4-1-2-6-22-10/h10H,1-8H2,(H,15,16)(H,17,19)(H2,14,20,21). The molecule has 10 nitrogen and oxygen atoms in total. The number of urea groups is 1. The number of hydrogen-bond donors (Lipinski definition) is 3. The highest BCUT2D eigenvalue weighted by Crippen LogP contribution is 2.22. The molecule has 24 heavy (non-hydrogen) atoms. The van der Waals surface area contributed by atoms with Gasteiger partial charge in [-0.3, -0.25) is 5.32 Å². The summed E-state index contributed by atoms with van der Waals surface area (Å²) in [5.74, 6) is 0.201. The SMILES string of the molecule is NS(=O)(=O)c1nc2c([nH]1)CN(CCCOC1CCCCO1)C(=O)N2. The fourth-order valence-corrected chi connectivity index (χ4v) is 3.16. The molecule has 1 aromatic heterocycles. The number of hydrogen-bond acceptors (Lipinski definition) is 6. The minimum atomic E-state index is -3.94. The van der Waals surface area contributed by atoms with Crippen molar-refractivity contribution in [2.24, 2.45) is 5.14 Å². The summed E-state index contributed by atoms with van der Waals surface area (Å²) in [5, 5.41) is 7.23. The minimum absolute atomic E-state index is 0.148. The van der Waals surface area contributed by atoms with E-state index < -0.39 is 10.0 Å². The van der Waals surface area contributed by atoms with E-state index >= 15 is 0 Å². The molecule has 1 atom stereocenters. The molecule has 4 N–H and O–H groups in total. The Morgan fingerprint density at radius 3 is 2.96 bits per heavy atom. The Bertz CT molecular complexity index is 698. The van der Waals surface area contributed by atoms with Crippen molar-refractivity contribution in [2.45, 2.75) is 43.7 Å². The van der Waals surface area contributed by atoms with E-state index in [9.17, 15) is 13.2 Å². The number of fused-ring (bicyclic) bond motifs is 1. The summed E-state index contributed by atoms with van der Waals surface area (Å²) < 4.78 is 33.7. The molecule has 3 rings (SSSR count). The van der Waals surface area contributed by atoms with Crippen LogP contribution in [0, 0.1) is 0 Å². The van der Waals surface area contributed by atoms with Gasteiger partial charge in [0.25, 0.3) is 10.0 Å². The predicted octanol–water partition coefficient (Wildman–Crippen LogP) is 0.338. The third kappa shape index (κ3) is 4.04. The van der Waals surface area contributed by atoms with Gasteiger partial charge in [-0.25, -0.2) is 18.4 Å². The minimum Gasteiger partial charge on any atom is -0.353 e. The number of sulfonamides is 1. The number of H-pyrrole nitrogens is 1. The second-order valence-corrected chi connectivity index (χ2v) is 7.26. The number of anilines is 1. The van der Waals surface area contributed by atoms with Gasteiger partial charge >= 0.3 is 6.03 Å². The molecule has 2 amide bonds. The van der Waals surface area contributed by atoms with E-state index in [0.29, 0.717) is 25.3 Å². The van der Waals surface area contributed by atoms with Gasteiger partial charge in [-0.15, -0.1) is 0 Å². The lowest BCUT2D eigenvalue weighted by molar-refractivity contribution is -0.162. The second-order valence-electron chi connectivity index (χ2n) is 5.79. The number of ether oxygens (including phenoxy) is 2. The van der Waals surface area contributed by atoms with E-state index in [-0.39, 0.29) is 29.8 Å². The first-order valence-corrected chi connectivity index (χ1v) is 9.39. The maximum Gasteiger partial charge on any atom is 0.323 e. The van der Waals surface area contributed by atoms with Crippen molar-refractivity contribution in [1.29, 1.82) is 0 Å². The predicted molar refractivity (Wildman–Crippen MR) is 83.5 cm³/mol. The van der Waals surface area contributed by atoms with Crippen molar-refractivity contribution in [2.75, 3.05) is 25.1 Å². The number of rotatable bonds is 6. The fourth-order valence-electron chi connectivity index (χ4n) is 2.67. The maximum atomic E-state index is 12.0. The number of aromatic nitrogens is 2. The van der Waals surface area contributed by atoms with Gasteiger partial charge < -0.3 is 19.4 Å². The van der Waals surface area contributed by atoms with Crippen molar-refractivity contribution >= 4 is 21.9 Å². The van der Waals surface area contributed by atoms with Crippen molar-refractivity contribution in [3.63, 3.8) is 0 Å². The summed E-state index contributed by atoms with van der Waals surface area (Å²) in [5.41, 5.74) is 0.509. The number of carbonyl (C=O) groups excluding carboxylic acids is 1. The molecule has 3 heterocycles. The zero-order valence-electron chi connectivity index (χ0n) is 13.2. The number of nitrogens with zero attached hydrogens (tertiary/aromatic N) is 2. The Morgan fingerprint density at radius 1 is 1.42 bits per heavy atom. The highest BCUT2D eigenvalue weighted by atomic mass is 32.2. The maximum absolute atomic E-state index is 12.0. The Hall–Kier alpha value is -1.69. The van der Waals surface area contributed by atoms with Gasteiger partial charge in [0.05, 0.1) is 18.8 Å². The molecule has 1 saturated heterocycles. The van der Waals surface area contributed by atoms with Gasteiger partial charge in [-0.2, -0.15) is 4.98 Å². The molecular formula is C13H21N5O5S. The van der Waals surface area contributed by atoms with E-state index in [1.165, 1.54) is 0 Å². The average molecular weight is 359 g/mol. The zero-order valence-corrected chi connectivity index (χ0v) is 14.0. The number of primary sulfonamides is 1. The van der Waals surface area contributed by atoms with E-state index in [1.54, 1.807) is 4.90 Å². The summed E-state index contributed by atoms with van der Waals surface area (Å²) in [6.07, 6.45) is 3.58. The molecule has 1 aromatic rings. The van der Waals surface area contributed by atoms with E-state index in [1.807, 2.05) is 0 Å². The largest absolute Gasteiger partial charge is 0.353 e. The van der Waals surface area contributed by atoms with Gasteiger partial charge in [0, 0.05) is 13.2 Å². The molecule has 0 spiro atoms. The quantitative estimate of drug-likeness (QED) is 0.626. The van der Waals surface area contributed by atoms with Crippen molar-refractivity contribution in [1.82, 2.24) is 14.9 Å². The van der Waals surface area contributed by atoms with E-state index in [0.717, 1.165) is 25.9 Å². The van der Waals surface area contributed by atoms with Crippen molar-refractivity contribution in [3.05, 3.63) is 5.69 Å². The molecule has 11 heteroatoms. The summed E-state index contributed by atoms with van der Waals surface area (Å²) in [7, 11) is -3.94. The summed E-state index contributed by atoms with van der Waals surface area (Å²) in [6, 6.07) is -0.330. The van der Waals surface area contributed by atoms with Crippen LogP contribution in [0.4, 0.5) is 10.6 Å². The smallest absolute Gasteiger partial charge is 0.323 e. The lowest BCUT2D eigenvalue weighted by atomic mass is 10.2. The van der Waals surface area contributed by atoms with Crippen LogP contribution in [0.25, 0.3) is 0 Å². The highest BCUT2D eigenvalue weighted by Gasteiger charge is 2.27. The summed E-state index contributed by atoms with van der Waals surface area (Å²) in [4.78, 5) is 20.0. The number of amides is 2. The van der Waals surface area contributed by atoms with Crippen molar-refractivity contribution < 1.29 is 22.7 Å². The third-order valence-corrected chi connectivity index (χ3v) is 4.63. The van der Waals surface area contributed by atoms with Crippen molar-refractivity contribution in [3.8, 4) is 0 Å². The topological polar surface area (TPSA) is 140 Å². The molecule has 0 aromatic carbocycles. The first-order chi connectivity index (χ1) is 11.4. The molecule has 1 fully saturated rings. The van der Waals surface area contributed by atoms with Crippen LogP contribution in [-0.4, -0.2) is 55.4 Å². The van der Waals surface area contributed by atoms with Crippen LogP contribution in [0.5, 0.6) is 0 Å². The molecule has 0 bridgehead atoms. The zero-order chi connectivity index (χ0) is 17.2.